The van der Waals surface area contributed by atoms with Crippen molar-refractivity contribution >= 4 is 56.5 Å². The van der Waals surface area contributed by atoms with Gasteiger partial charge in [-0.2, -0.15) is 0 Å². The van der Waals surface area contributed by atoms with E-state index in [1.54, 1.807) is 24.3 Å². The lowest BCUT2D eigenvalue weighted by Crippen LogP contribution is -2.15. The molecule has 0 aliphatic carbocycles. The Bertz CT molecular complexity index is 1000. The number of anilines is 1. The van der Waals surface area contributed by atoms with Crippen LogP contribution in [0.25, 0.3) is 10.2 Å². The van der Waals surface area contributed by atoms with Crippen LogP contribution >= 0.6 is 34.7 Å². The predicted octanol–water partition coefficient (Wildman–Crippen LogP) is 3.69. The molecule has 1 amide bonds. The first-order chi connectivity index (χ1) is 12.0. The molecule has 130 valence electrons. The summed E-state index contributed by atoms with van der Waals surface area (Å²) in [4.78, 5) is 32.9. The zero-order valence-electron chi connectivity index (χ0n) is 13.4. The van der Waals surface area contributed by atoms with Crippen LogP contribution in [0.2, 0.25) is 5.02 Å². The number of carbonyl (C=O) groups excluding carboxylic acids is 1. The van der Waals surface area contributed by atoms with Crippen molar-refractivity contribution in [3.05, 3.63) is 44.5 Å². The van der Waals surface area contributed by atoms with E-state index in [0.29, 0.717) is 31.8 Å². The van der Waals surface area contributed by atoms with Gasteiger partial charge in [0.15, 0.2) is 5.16 Å². The van der Waals surface area contributed by atoms with Crippen LogP contribution in [0.15, 0.2) is 34.2 Å². The van der Waals surface area contributed by atoms with Crippen LogP contribution in [0.4, 0.5) is 5.69 Å². The third-order valence-electron chi connectivity index (χ3n) is 3.28. The van der Waals surface area contributed by atoms with Crippen LogP contribution in [-0.4, -0.2) is 28.7 Å². The van der Waals surface area contributed by atoms with Gasteiger partial charge in [-0.15, -0.1) is 11.3 Å². The van der Waals surface area contributed by atoms with Gasteiger partial charge in [0.1, 0.15) is 10.6 Å². The topological polar surface area (TPSA) is 84.1 Å². The molecule has 25 heavy (non-hydrogen) atoms. The third kappa shape index (κ3) is 4.15. The number of aryl methyl sites for hydroxylation is 1. The van der Waals surface area contributed by atoms with Gasteiger partial charge in [-0.3, -0.25) is 9.59 Å². The first-order valence-electron chi connectivity index (χ1n) is 7.23. The lowest BCUT2D eigenvalue weighted by Gasteiger charge is -2.07. The molecule has 6 nitrogen and oxygen atoms in total. The molecule has 2 N–H and O–H groups in total. The summed E-state index contributed by atoms with van der Waals surface area (Å²) in [6, 6.07) is 6.80. The second-order valence-electron chi connectivity index (χ2n) is 5.13. The molecule has 0 saturated heterocycles. The van der Waals surface area contributed by atoms with Gasteiger partial charge in [-0.1, -0.05) is 23.4 Å². The number of aromatic nitrogens is 2. The maximum Gasteiger partial charge on any atom is 0.260 e. The molecule has 1 aromatic carbocycles. The van der Waals surface area contributed by atoms with E-state index in [-0.39, 0.29) is 17.2 Å². The van der Waals surface area contributed by atoms with Crippen LogP contribution in [0, 0.1) is 6.92 Å². The van der Waals surface area contributed by atoms with Gasteiger partial charge in [-0.25, -0.2) is 4.98 Å². The number of halogens is 1. The highest BCUT2D eigenvalue weighted by molar-refractivity contribution is 7.99. The number of hydrogen-bond donors (Lipinski definition) is 2. The Hall–Kier alpha value is -2.03. The number of nitrogens with one attached hydrogen (secondary N) is 2. The standard InChI is InChI=1S/C16H14ClN3O3S2/c1-8-5-10-14(22)19-16(20-15(10)25-8)24-7-13(21)18-9-3-4-12(23-2)11(17)6-9/h3-6H,7H2,1-2H3,(H,18,21)(H,19,20,22). The van der Waals surface area contributed by atoms with Gasteiger partial charge in [0.25, 0.3) is 5.56 Å². The van der Waals surface area contributed by atoms with Crippen molar-refractivity contribution in [2.45, 2.75) is 12.1 Å². The van der Waals surface area contributed by atoms with Gasteiger partial charge >= 0.3 is 0 Å². The molecule has 0 aliphatic heterocycles. The molecule has 9 heteroatoms. The van der Waals surface area contributed by atoms with Crippen molar-refractivity contribution in [2.75, 3.05) is 18.2 Å². The zero-order chi connectivity index (χ0) is 18.0. The summed E-state index contributed by atoms with van der Waals surface area (Å²) in [6.07, 6.45) is 0. The molecular weight excluding hydrogens is 382 g/mol. The Morgan fingerprint density at radius 2 is 2.24 bits per heavy atom. The molecule has 0 spiro atoms. The molecule has 0 bridgehead atoms. The van der Waals surface area contributed by atoms with Crippen LogP contribution < -0.4 is 15.6 Å². The van der Waals surface area contributed by atoms with E-state index in [4.69, 9.17) is 16.3 Å². The van der Waals surface area contributed by atoms with Gasteiger partial charge in [0.2, 0.25) is 5.91 Å². The minimum atomic E-state index is -0.226. The van der Waals surface area contributed by atoms with Crippen molar-refractivity contribution in [3.63, 3.8) is 0 Å². The first-order valence-corrected chi connectivity index (χ1v) is 9.41. The number of benzene rings is 1. The molecule has 0 aliphatic rings. The van der Waals surface area contributed by atoms with E-state index in [1.165, 1.54) is 30.2 Å². The fraction of sp³-hybridized carbons (Fsp3) is 0.188. The summed E-state index contributed by atoms with van der Waals surface area (Å²) in [5.74, 6) is 0.425. The molecule has 3 rings (SSSR count). The SMILES string of the molecule is COc1ccc(NC(=O)CSc2nc3sc(C)cc3c(=O)[nH]2)cc1Cl. The van der Waals surface area contributed by atoms with Crippen molar-refractivity contribution in [3.8, 4) is 5.75 Å². The van der Waals surface area contributed by atoms with Crippen LogP contribution in [0.3, 0.4) is 0 Å². The van der Waals surface area contributed by atoms with Crippen LogP contribution in [-0.2, 0) is 4.79 Å². The highest BCUT2D eigenvalue weighted by atomic mass is 35.5. The van der Waals surface area contributed by atoms with Gasteiger partial charge in [-0.05, 0) is 31.2 Å². The van der Waals surface area contributed by atoms with Gasteiger partial charge in [0.05, 0.1) is 23.3 Å². The number of ether oxygens (including phenoxy) is 1. The number of methoxy groups -OCH3 is 1. The Balaban J connectivity index is 1.66. The predicted molar refractivity (Wildman–Crippen MR) is 102 cm³/mol. The van der Waals surface area contributed by atoms with Crippen LogP contribution in [0.1, 0.15) is 4.88 Å². The third-order valence-corrected chi connectivity index (χ3v) is 5.39. The molecule has 0 unspecified atom stereocenters. The number of carbonyl (C=O) groups is 1. The minimum Gasteiger partial charge on any atom is -0.495 e. The average Bonchev–Trinajstić information content (AvgIpc) is 2.94. The maximum absolute atomic E-state index is 12.1. The van der Waals surface area contributed by atoms with Gasteiger partial charge < -0.3 is 15.0 Å². The number of aromatic amines is 1. The quantitative estimate of drug-likeness (QED) is 0.508. The molecule has 2 aromatic heterocycles. The van der Waals surface area contributed by atoms with E-state index in [2.05, 4.69) is 15.3 Å². The molecule has 0 saturated carbocycles. The van der Waals surface area contributed by atoms with Crippen LogP contribution in [0.5, 0.6) is 5.75 Å². The first kappa shape index (κ1) is 17.8. The van der Waals surface area contributed by atoms with E-state index < -0.39 is 0 Å². The van der Waals surface area contributed by atoms with Crippen molar-refractivity contribution in [1.82, 2.24) is 9.97 Å². The number of thioether (sulfide) groups is 1. The average molecular weight is 396 g/mol. The number of fused-ring (bicyclic) bond motifs is 1. The number of amides is 1. The highest BCUT2D eigenvalue weighted by Gasteiger charge is 2.10. The van der Waals surface area contributed by atoms with E-state index in [9.17, 15) is 9.59 Å². The molecule has 2 heterocycles. The molecule has 3 aromatic rings. The summed E-state index contributed by atoms with van der Waals surface area (Å²) in [6.45, 7) is 1.92. The largest absolute Gasteiger partial charge is 0.495 e. The fourth-order valence-electron chi connectivity index (χ4n) is 2.18. The van der Waals surface area contributed by atoms with E-state index in [0.717, 1.165) is 4.88 Å². The summed E-state index contributed by atoms with van der Waals surface area (Å²) in [7, 11) is 1.52. The maximum atomic E-state index is 12.1. The van der Waals surface area contributed by atoms with E-state index in [1.807, 2.05) is 6.92 Å². The van der Waals surface area contributed by atoms with Gasteiger partial charge in [0, 0.05) is 10.6 Å². The second-order valence-corrected chi connectivity index (χ2v) is 7.74. The zero-order valence-corrected chi connectivity index (χ0v) is 15.8. The van der Waals surface area contributed by atoms with Crippen molar-refractivity contribution in [2.24, 2.45) is 0 Å². The monoisotopic (exact) mass is 395 g/mol. The summed E-state index contributed by atoms with van der Waals surface area (Å²) < 4.78 is 5.07. The Kier molecular flexibility index (Phi) is 5.31. The lowest BCUT2D eigenvalue weighted by atomic mass is 10.3. The van der Waals surface area contributed by atoms with E-state index >= 15 is 0 Å². The summed E-state index contributed by atoms with van der Waals surface area (Å²) in [5.41, 5.74) is 0.376. The molecule has 0 radical (unpaired) electrons. The number of H-pyrrole nitrogens is 1. The Labute approximate surface area is 156 Å². The number of hydrogen-bond acceptors (Lipinski definition) is 6. The van der Waals surface area contributed by atoms with Crippen molar-refractivity contribution in [1.29, 1.82) is 0 Å². The number of nitrogens with zero attached hydrogens (tertiary/aromatic N) is 1. The minimum absolute atomic E-state index is 0.114. The lowest BCUT2D eigenvalue weighted by molar-refractivity contribution is -0.113. The molecule has 0 fully saturated rings. The number of rotatable bonds is 5. The Morgan fingerprint density at radius 1 is 1.44 bits per heavy atom. The summed E-state index contributed by atoms with van der Waals surface area (Å²) in [5, 5.41) is 4.15. The molecular formula is C16H14ClN3O3S2. The van der Waals surface area contributed by atoms with Crippen molar-refractivity contribution < 1.29 is 9.53 Å². The highest BCUT2D eigenvalue weighted by Crippen LogP contribution is 2.27. The fourth-order valence-corrected chi connectivity index (χ4v) is 4.03. The number of thiophene rings is 1. The second kappa shape index (κ2) is 7.47. The molecule has 0 atom stereocenters. The summed E-state index contributed by atoms with van der Waals surface area (Å²) >= 11 is 8.65. The Morgan fingerprint density at radius 3 is 2.96 bits per heavy atom. The smallest absolute Gasteiger partial charge is 0.260 e. The normalized spacial score (nSPS) is 10.8.